The Morgan fingerprint density at radius 1 is 0.625 bits per heavy atom. The predicted octanol–water partition coefficient (Wildman–Crippen LogP) is 6.37. The van der Waals surface area contributed by atoms with Gasteiger partial charge in [-0.15, -0.1) is 0 Å². The smallest absolute Gasteiger partial charge is 0.00187 e. The quantitative estimate of drug-likeness (QED) is 0.318. The van der Waals surface area contributed by atoms with Crippen molar-refractivity contribution >= 4 is 0 Å². The van der Waals surface area contributed by atoms with Gasteiger partial charge in [-0.2, -0.15) is 0 Å². The van der Waals surface area contributed by atoms with Crippen molar-refractivity contribution in [2.24, 2.45) is 5.92 Å². The number of hydrogen-bond acceptors (Lipinski definition) is 1. The second-order valence-corrected chi connectivity index (χ2v) is 7.96. The van der Waals surface area contributed by atoms with Gasteiger partial charge in [0.05, 0.1) is 0 Å². The maximum absolute atomic E-state index is 2.66. The van der Waals surface area contributed by atoms with Gasteiger partial charge < -0.3 is 10.4 Å². The van der Waals surface area contributed by atoms with Crippen molar-refractivity contribution in [3.8, 4) is 0 Å². The first-order chi connectivity index (χ1) is 11.4. The Balaban J connectivity index is 0.00000529. The highest BCUT2D eigenvalue weighted by Gasteiger charge is 2.12. The first-order valence-corrected chi connectivity index (χ1v) is 11.1. The molecule has 1 aliphatic carbocycles. The lowest BCUT2D eigenvalue weighted by atomic mass is 9.85. The van der Waals surface area contributed by atoms with Crippen LogP contribution in [-0.2, 0) is 0 Å². The molecule has 0 atom stereocenters. The fraction of sp³-hybridized carbons (Fsp3) is 1.00. The van der Waals surface area contributed by atoms with Gasteiger partial charge in [0.25, 0.3) is 0 Å². The monoisotopic (exact) mass is 341 g/mol. The summed E-state index contributed by atoms with van der Waals surface area (Å²) in [4.78, 5) is 2.66. The molecular weight excluding hydrogens is 294 g/mol. The van der Waals surface area contributed by atoms with Crippen molar-refractivity contribution in [1.82, 2.24) is 4.90 Å². The second kappa shape index (κ2) is 17.7. The standard InChI is InChI=1S/C22H45N.H2O/c1-3-19-23(20-4-2)21-15-10-8-6-5-7-9-12-16-22-17-13-11-14-18-22;/h22H,3-21H2,1-2H3;1H2. The van der Waals surface area contributed by atoms with E-state index in [2.05, 4.69) is 18.7 Å². The predicted molar refractivity (Wildman–Crippen MR) is 109 cm³/mol. The van der Waals surface area contributed by atoms with Crippen molar-refractivity contribution in [2.45, 2.75) is 117 Å². The van der Waals surface area contributed by atoms with E-state index in [4.69, 9.17) is 0 Å². The van der Waals surface area contributed by atoms with Crippen LogP contribution >= 0.6 is 0 Å². The fourth-order valence-corrected chi connectivity index (χ4v) is 4.27. The molecule has 2 N–H and O–H groups in total. The summed E-state index contributed by atoms with van der Waals surface area (Å²) in [5.41, 5.74) is 0. The van der Waals surface area contributed by atoms with Crippen molar-refractivity contribution in [1.29, 1.82) is 0 Å². The van der Waals surface area contributed by atoms with Gasteiger partial charge in [-0.25, -0.2) is 0 Å². The van der Waals surface area contributed by atoms with Crippen LogP contribution in [0.25, 0.3) is 0 Å². The van der Waals surface area contributed by atoms with Crippen LogP contribution in [0, 0.1) is 5.92 Å². The zero-order valence-electron chi connectivity index (χ0n) is 17.0. The Hall–Kier alpha value is -0.0800. The lowest BCUT2D eigenvalue weighted by molar-refractivity contribution is 0.267. The highest BCUT2D eigenvalue weighted by atomic mass is 16.0. The molecule has 1 fully saturated rings. The summed E-state index contributed by atoms with van der Waals surface area (Å²) in [6, 6.07) is 0. The molecule has 0 unspecified atom stereocenters. The number of hydrogen-bond donors (Lipinski definition) is 0. The fourth-order valence-electron chi connectivity index (χ4n) is 4.27. The van der Waals surface area contributed by atoms with Crippen LogP contribution in [0.5, 0.6) is 0 Å². The summed E-state index contributed by atoms with van der Waals surface area (Å²) in [6.07, 6.45) is 23.5. The highest BCUT2D eigenvalue weighted by molar-refractivity contribution is 4.65. The molecule has 0 heterocycles. The molecule has 1 saturated carbocycles. The van der Waals surface area contributed by atoms with Crippen LogP contribution in [0.3, 0.4) is 0 Å². The van der Waals surface area contributed by atoms with E-state index in [1.807, 2.05) is 0 Å². The minimum atomic E-state index is 0. The molecule has 2 nitrogen and oxygen atoms in total. The van der Waals surface area contributed by atoms with Gasteiger partial charge in [0, 0.05) is 0 Å². The molecule has 146 valence electrons. The summed E-state index contributed by atoms with van der Waals surface area (Å²) in [7, 11) is 0. The number of unbranched alkanes of at least 4 members (excludes halogenated alkanes) is 7. The summed E-state index contributed by atoms with van der Waals surface area (Å²) < 4.78 is 0. The molecule has 0 aromatic carbocycles. The van der Waals surface area contributed by atoms with Gasteiger partial charge >= 0.3 is 0 Å². The topological polar surface area (TPSA) is 34.7 Å². The third kappa shape index (κ3) is 13.2. The van der Waals surface area contributed by atoms with Gasteiger partial charge in [0.2, 0.25) is 0 Å². The van der Waals surface area contributed by atoms with Gasteiger partial charge in [0.15, 0.2) is 0 Å². The Morgan fingerprint density at radius 2 is 1.12 bits per heavy atom. The molecule has 0 aromatic heterocycles. The van der Waals surface area contributed by atoms with Crippen molar-refractivity contribution in [2.75, 3.05) is 19.6 Å². The average molecular weight is 342 g/mol. The van der Waals surface area contributed by atoms with E-state index < -0.39 is 0 Å². The molecule has 1 aliphatic rings. The van der Waals surface area contributed by atoms with E-state index in [9.17, 15) is 0 Å². The van der Waals surface area contributed by atoms with E-state index in [1.165, 1.54) is 122 Å². The summed E-state index contributed by atoms with van der Waals surface area (Å²) >= 11 is 0. The van der Waals surface area contributed by atoms with Crippen molar-refractivity contribution in [3.63, 3.8) is 0 Å². The third-order valence-electron chi connectivity index (χ3n) is 5.64. The van der Waals surface area contributed by atoms with E-state index in [0.29, 0.717) is 0 Å². The SMILES string of the molecule is CCCN(CCC)CCCCCCCCCCC1CCCCC1.O. The highest BCUT2D eigenvalue weighted by Crippen LogP contribution is 2.28. The van der Waals surface area contributed by atoms with Gasteiger partial charge in [0.1, 0.15) is 0 Å². The van der Waals surface area contributed by atoms with Gasteiger partial charge in [-0.1, -0.05) is 97.3 Å². The molecule has 24 heavy (non-hydrogen) atoms. The number of rotatable bonds is 15. The largest absolute Gasteiger partial charge is 0.412 e. The summed E-state index contributed by atoms with van der Waals surface area (Å²) in [5.74, 6) is 1.10. The van der Waals surface area contributed by atoms with Crippen LogP contribution in [0.4, 0.5) is 0 Å². The molecule has 0 amide bonds. The Labute approximate surface area is 153 Å². The van der Waals surface area contributed by atoms with Crippen LogP contribution in [0.1, 0.15) is 117 Å². The lowest BCUT2D eigenvalue weighted by Crippen LogP contribution is -2.26. The third-order valence-corrected chi connectivity index (χ3v) is 5.64. The van der Waals surface area contributed by atoms with Crippen LogP contribution in [0.2, 0.25) is 0 Å². The summed E-state index contributed by atoms with van der Waals surface area (Å²) in [5, 5.41) is 0. The van der Waals surface area contributed by atoms with Gasteiger partial charge in [-0.3, -0.25) is 0 Å². The van der Waals surface area contributed by atoms with E-state index in [0.717, 1.165) is 5.92 Å². The van der Waals surface area contributed by atoms with Crippen LogP contribution in [-0.4, -0.2) is 30.0 Å². The Morgan fingerprint density at radius 3 is 1.67 bits per heavy atom. The second-order valence-electron chi connectivity index (χ2n) is 7.96. The summed E-state index contributed by atoms with van der Waals surface area (Å²) in [6.45, 7) is 8.54. The van der Waals surface area contributed by atoms with E-state index in [1.54, 1.807) is 0 Å². The molecule has 0 saturated heterocycles. The molecule has 1 rings (SSSR count). The zero-order valence-corrected chi connectivity index (χ0v) is 17.0. The average Bonchev–Trinajstić information content (AvgIpc) is 2.58. The lowest BCUT2D eigenvalue weighted by Gasteiger charge is -2.21. The van der Waals surface area contributed by atoms with Crippen LogP contribution < -0.4 is 0 Å². The van der Waals surface area contributed by atoms with Crippen molar-refractivity contribution < 1.29 is 5.48 Å². The minimum Gasteiger partial charge on any atom is -0.412 e. The molecule has 0 aliphatic heterocycles. The van der Waals surface area contributed by atoms with Crippen LogP contribution in [0.15, 0.2) is 0 Å². The minimum absolute atomic E-state index is 0. The first-order valence-electron chi connectivity index (χ1n) is 11.1. The maximum Gasteiger partial charge on any atom is -0.00187 e. The number of nitrogens with zero attached hydrogens (tertiary/aromatic N) is 1. The zero-order chi connectivity index (χ0) is 16.6. The molecule has 0 aromatic rings. The van der Waals surface area contributed by atoms with E-state index >= 15 is 0 Å². The first kappa shape index (κ1) is 23.9. The van der Waals surface area contributed by atoms with Gasteiger partial charge in [-0.05, 0) is 44.8 Å². The van der Waals surface area contributed by atoms with Crippen molar-refractivity contribution in [3.05, 3.63) is 0 Å². The Bertz CT molecular complexity index is 232. The Kier molecular flexibility index (Phi) is 17.7. The molecule has 0 bridgehead atoms. The normalized spacial score (nSPS) is 15.6. The molecular formula is C22H47NO. The molecule has 0 radical (unpaired) electrons. The molecule has 0 spiro atoms. The maximum atomic E-state index is 2.66. The molecule has 2 heteroatoms. The van der Waals surface area contributed by atoms with E-state index in [-0.39, 0.29) is 5.48 Å².